The molecule has 1 amide bonds. The van der Waals surface area contributed by atoms with Crippen LogP contribution in [-0.2, 0) is 0 Å². The summed E-state index contributed by atoms with van der Waals surface area (Å²) in [5.74, 6) is -0.183. The molecular weight excluding hydrogens is 354 g/mol. The second kappa shape index (κ2) is 7.59. The van der Waals surface area contributed by atoms with E-state index in [2.05, 4.69) is 16.8 Å². The molecule has 0 radical (unpaired) electrons. The van der Waals surface area contributed by atoms with Crippen molar-refractivity contribution in [2.75, 3.05) is 11.4 Å². The van der Waals surface area contributed by atoms with Crippen molar-refractivity contribution in [2.45, 2.75) is 6.92 Å². The monoisotopic (exact) mass is 369 g/mol. The number of hydrogen-bond donors (Lipinski definition) is 0. The Kier molecular flexibility index (Phi) is 5.26. The molecule has 2 aromatic carbocycles. The van der Waals surface area contributed by atoms with Crippen LogP contribution in [0.4, 0.5) is 5.13 Å². The maximum atomic E-state index is 12.8. The van der Waals surface area contributed by atoms with Crippen molar-refractivity contribution >= 4 is 40.1 Å². The van der Waals surface area contributed by atoms with Crippen molar-refractivity contribution < 1.29 is 4.79 Å². The Balaban J connectivity index is 1.89. The van der Waals surface area contributed by atoms with Crippen LogP contribution in [0.1, 0.15) is 22.8 Å². The Morgan fingerprint density at radius 3 is 2.56 bits per heavy atom. The van der Waals surface area contributed by atoms with Gasteiger partial charge in [0.15, 0.2) is 0 Å². The second-order valence-corrected chi connectivity index (χ2v) is 6.61. The molecule has 0 spiro atoms. The first-order valence-corrected chi connectivity index (χ1v) is 8.96. The number of rotatable bonds is 5. The maximum absolute atomic E-state index is 12.8. The molecule has 0 N–H and O–H groups in total. The van der Waals surface area contributed by atoms with E-state index in [0.29, 0.717) is 22.3 Å². The number of carbonyl (C=O) groups excluding carboxylic acids is 1. The van der Waals surface area contributed by atoms with Crippen LogP contribution in [0, 0.1) is 0 Å². The van der Waals surface area contributed by atoms with E-state index in [1.165, 1.54) is 11.3 Å². The molecule has 0 unspecified atom stereocenters. The summed E-state index contributed by atoms with van der Waals surface area (Å²) in [4.78, 5) is 14.4. The molecule has 4 nitrogen and oxygen atoms in total. The maximum Gasteiger partial charge on any atom is 0.261 e. The lowest BCUT2D eigenvalue weighted by atomic mass is 10.1. The van der Waals surface area contributed by atoms with Gasteiger partial charge < -0.3 is 0 Å². The van der Waals surface area contributed by atoms with E-state index >= 15 is 0 Å². The highest BCUT2D eigenvalue weighted by Gasteiger charge is 2.22. The van der Waals surface area contributed by atoms with Crippen molar-refractivity contribution in [3.8, 4) is 10.6 Å². The summed E-state index contributed by atoms with van der Waals surface area (Å²) in [7, 11) is 0. The molecule has 3 aromatic rings. The van der Waals surface area contributed by atoms with Gasteiger partial charge in [0.2, 0.25) is 5.13 Å². The van der Waals surface area contributed by atoms with Crippen molar-refractivity contribution in [1.29, 1.82) is 0 Å². The molecular formula is C19H16ClN3OS. The summed E-state index contributed by atoms with van der Waals surface area (Å²) < 4.78 is 0. The Morgan fingerprint density at radius 2 is 1.92 bits per heavy atom. The van der Waals surface area contributed by atoms with E-state index in [9.17, 15) is 4.79 Å². The fourth-order valence-electron chi connectivity index (χ4n) is 2.35. The number of amides is 1. The fraction of sp³-hybridized carbons (Fsp3) is 0.105. The molecule has 0 fully saturated rings. The summed E-state index contributed by atoms with van der Waals surface area (Å²) in [6, 6.07) is 14.9. The first-order chi connectivity index (χ1) is 12.1. The lowest BCUT2D eigenvalue weighted by Gasteiger charge is -2.17. The molecule has 0 aliphatic carbocycles. The molecule has 0 saturated carbocycles. The number of aromatic nitrogens is 2. The first kappa shape index (κ1) is 17.3. The molecule has 1 heterocycles. The zero-order valence-corrected chi connectivity index (χ0v) is 15.2. The van der Waals surface area contributed by atoms with Crippen LogP contribution < -0.4 is 4.90 Å². The normalized spacial score (nSPS) is 10.5. The van der Waals surface area contributed by atoms with Gasteiger partial charge in [-0.25, -0.2) is 0 Å². The van der Waals surface area contributed by atoms with Crippen LogP contribution in [0.3, 0.4) is 0 Å². The Morgan fingerprint density at radius 1 is 1.20 bits per heavy atom. The Bertz CT molecular complexity index is 905. The summed E-state index contributed by atoms with van der Waals surface area (Å²) in [6.07, 6.45) is 1.79. The van der Waals surface area contributed by atoms with Gasteiger partial charge in [-0.3, -0.25) is 9.69 Å². The summed E-state index contributed by atoms with van der Waals surface area (Å²) in [5.41, 5.74) is 2.45. The van der Waals surface area contributed by atoms with Crippen molar-refractivity contribution in [3.63, 3.8) is 0 Å². The fourth-order valence-corrected chi connectivity index (χ4v) is 3.48. The molecule has 0 aliphatic heterocycles. The van der Waals surface area contributed by atoms with Crippen LogP contribution in [0.15, 0.2) is 55.1 Å². The van der Waals surface area contributed by atoms with Crippen LogP contribution in [0.5, 0.6) is 0 Å². The van der Waals surface area contributed by atoms with Gasteiger partial charge in [-0.15, -0.1) is 10.2 Å². The van der Waals surface area contributed by atoms with E-state index in [4.69, 9.17) is 11.6 Å². The third-order valence-electron chi connectivity index (χ3n) is 3.70. The Hall–Kier alpha value is -2.50. The van der Waals surface area contributed by atoms with Gasteiger partial charge in [-0.2, -0.15) is 0 Å². The van der Waals surface area contributed by atoms with E-state index in [-0.39, 0.29) is 5.91 Å². The van der Waals surface area contributed by atoms with Crippen molar-refractivity contribution in [2.24, 2.45) is 0 Å². The SMILES string of the molecule is C=Cc1ccc(-c2nnc(N(CC)C(=O)c3ccccc3Cl)s2)cc1. The van der Waals surface area contributed by atoms with Gasteiger partial charge in [-0.05, 0) is 24.6 Å². The minimum Gasteiger partial charge on any atom is -0.283 e. The van der Waals surface area contributed by atoms with Crippen molar-refractivity contribution in [1.82, 2.24) is 10.2 Å². The van der Waals surface area contributed by atoms with Crippen LogP contribution in [0.2, 0.25) is 5.02 Å². The predicted molar refractivity (Wildman–Crippen MR) is 104 cm³/mol. The highest BCUT2D eigenvalue weighted by Crippen LogP contribution is 2.30. The van der Waals surface area contributed by atoms with Crippen LogP contribution >= 0.6 is 22.9 Å². The van der Waals surface area contributed by atoms with Gasteiger partial charge in [0, 0.05) is 12.1 Å². The largest absolute Gasteiger partial charge is 0.283 e. The molecule has 126 valence electrons. The van der Waals surface area contributed by atoms with E-state index < -0.39 is 0 Å². The average Bonchev–Trinajstić information content (AvgIpc) is 3.12. The average molecular weight is 370 g/mol. The zero-order valence-electron chi connectivity index (χ0n) is 13.6. The van der Waals surface area contributed by atoms with Gasteiger partial charge in [0.05, 0.1) is 10.6 Å². The Labute approximate surface area is 155 Å². The quantitative estimate of drug-likeness (QED) is 0.623. The molecule has 0 saturated heterocycles. The van der Waals surface area contributed by atoms with Crippen LogP contribution in [-0.4, -0.2) is 22.6 Å². The van der Waals surface area contributed by atoms with Gasteiger partial charge in [-0.1, -0.05) is 72.0 Å². The summed E-state index contributed by atoms with van der Waals surface area (Å²) in [5, 5.41) is 10.2. The smallest absolute Gasteiger partial charge is 0.261 e. The molecule has 25 heavy (non-hydrogen) atoms. The second-order valence-electron chi connectivity index (χ2n) is 5.25. The molecule has 0 aliphatic rings. The van der Waals surface area contributed by atoms with E-state index in [1.807, 2.05) is 31.2 Å². The lowest BCUT2D eigenvalue weighted by Crippen LogP contribution is -2.30. The molecule has 6 heteroatoms. The van der Waals surface area contributed by atoms with Gasteiger partial charge in [0.1, 0.15) is 5.01 Å². The number of nitrogens with zero attached hydrogens (tertiary/aromatic N) is 3. The number of anilines is 1. The lowest BCUT2D eigenvalue weighted by molar-refractivity contribution is 0.0988. The summed E-state index contributed by atoms with van der Waals surface area (Å²) >= 11 is 7.52. The minimum atomic E-state index is -0.183. The zero-order chi connectivity index (χ0) is 17.8. The molecule has 1 aromatic heterocycles. The van der Waals surface area contributed by atoms with E-state index in [1.54, 1.807) is 35.2 Å². The standard InChI is InChI=1S/C19H16ClN3OS/c1-3-13-9-11-14(12-10-13)17-21-22-19(25-17)23(4-2)18(24)15-7-5-6-8-16(15)20/h3,5-12H,1,4H2,2H3. The highest BCUT2D eigenvalue weighted by molar-refractivity contribution is 7.18. The van der Waals surface area contributed by atoms with Gasteiger partial charge >= 0.3 is 0 Å². The van der Waals surface area contributed by atoms with Gasteiger partial charge in [0.25, 0.3) is 5.91 Å². The predicted octanol–water partition coefficient (Wildman–Crippen LogP) is 5.17. The number of hydrogen-bond acceptors (Lipinski definition) is 4. The highest BCUT2D eigenvalue weighted by atomic mass is 35.5. The molecule has 0 bridgehead atoms. The first-order valence-electron chi connectivity index (χ1n) is 7.76. The topological polar surface area (TPSA) is 46.1 Å². The van der Waals surface area contributed by atoms with Crippen LogP contribution in [0.25, 0.3) is 16.6 Å². The number of carbonyl (C=O) groups is 1. The summed E-state index contributed by atoms with van der Waals surface area (Å²) in [6.45, 7) is 6.12. The molecule has 0 atom stereocenters. The minimum absolute atomic E-state index is 0.183. The number of benzene rings is 2. The third-order valence-corrected chi connectivity index (χ3v) is 5.03. The molecule has 3 rings (SSSR count). The third kappa shape index (κ3) is 3.62. The van der Waals surface area contributed by atoms with E-state index in [0.717, 1.165) is 16.1 Å². The van der Waals surface area contributed by atoms with Crippen molar-refractivity contribution in [3.05, 3.63) is 71.3 Å². The number of halogens is 1.